The van der Waals surface area contributed by atoms with Crippen LogP contribution < -0.4 is 5.73 Å². The lowest BCUT2D eigenvalue weighted by Crippen LogP contribution is -2.51. The van der Waals surface area contributed by atoms with Crippen molar-refractivity contribution in [2.24, 2.45) is 11.1 Å². The van der Waals surface area contributed by atoms with Gasteiger partial charge in [-0.3, -0.25) is 4.79 Å². The third-order valence-corrected chi connectivity index (χ3v) is 5.70. The van der Waals surface area contributed by atoms with Gasteiger partial charge in [-0.05, 0) is 39.2 Å². The second kappa shape index (κ2) is 5.07. The van der Waals surface area contributed by atoms with E-state index >= 15 is 0 Å². The summed E-state index contributed by atoms with van der Waals surface area (Å²) in [5.41, 5.74) is 5.28. The molecule has 3 atom stereocenters. The lowest BCUT2D eigenvalue weighted by atomic mass is 9.67. The number of nitrogens with two attached hydrogens (primary N) is 1. The first kappa shape index (κ1) is 15.5. The number of hydrogen-bond donors (Lipinski definition) is 1. The molecule has 4 heteroatoms. The number of amides is 1. The second-order valence-electron chi connectivity index (χ2n) is 7.39. The highest BCUT2D eigenvalue weighted by Gasteiger charge is 2.66. The molecule has 0 saturated carbocycles. The molecule has 0 aliphatic carbocycles. The van der Waals surface area contributed by atoms with Crippen molar-refractivity contribution in [1.82, 2.24) is 0 Å². The zero-order valence-corrected chi connectivity index (χ0v) is 13.6. The molecule has 1 aromatic carbocycles. The van der Waals surface area contributed by atoms with Gasteiger partial charge >= 0.3 is 0 Å². The van der Waals surface area contributed by atoms with Crippen molar-refractivity contribution in [3.63, 3.8) is 0 Å². The molecule has 0 spiro atoms. The summed E-state index contributed by atoms with van der Waals surface area (Å²) in [4.78, 5) is 11.9. The Hall–Kier alpha value is -1.39. The molecule has 3 unspecified atom stereocenters. The Bertz CT molecular complexity index is 571. The van der Waals surface area contributed by atoms with Crippen molar-refractivity contribution >= 4 is 5.91 Å². The molecule has 22 heavy (non-hydrogen) atoms. The first-order valence-corrected chi connectivity index (χ1v) is 7.95. The SMILES string of the molecule is CC12CCC(C(C)(C)C(N)=O)(CC1OCc1ccccc1)O2. The van der Waals surface area contributed by atoms with Gasteiger partial charge in [0.2, 0.25) is 5.91 Å². The molecule has 120 valence electrons. The minimum absolute atomic E-state index is 0.0000751. The van der Waals surface area contributed by atoms with Crippen LogP contribution in [0.2, 0.25) is 0 Å². The van der Waals surface area contributed by atoms with E-state index in [0.29, 0.717) is 6.61 Å². The Morgan fingerprint density at radius 2 is 2.05 bits per heavy atom. The summed E-state index contributed by atoms with van der Waals surface area (Å²) >= 11 is 0. The maximum absolute atomic E-state index is 11.9. The number of rotatable bonds is 5. The summed E-state index contributed by atoms with van der Waals surface area (Å²) in [5, 5.41) is 0. The summed E-state index contributed by atoms with van der Waals surface area (Å²) in [6.45, 7) is 6.44. The van der Waals surface area contributed by atoms with E-state index in [1.165, 1.54) is 0 Å². The molecule has 1 aromatic rings. The molecule has 4 nitrogen and oxygen atoms in total. The number of carbonyl (C=O) groups is 1. The molecule has 1 amide bonds. The van der Waals surface area contributed by atoms with Crippen LogP contribution in [0.25, 0.3) is 0 Å². The highest BCUT2D eigenvalue weighted by molar-refractivity contribution is 5.81. The van der Waals surface area contributed by atoms with Gasteiger partial charge in [0, 0.05) is 6.42 Å². The van der Waals surface area contributed by atoms with Crippen LogP contribution in [0.4, 0.5) is 0 Å². The third kappa shape index (κ3) is 2.25. The van der Waals surface area contributed by atoms with Gasteiger partial charge < -0.3 is 15.2 Å². The van der Waals surface area contributed by atoms with E-state index in [-0.39, 0.29) is 17.6 Å². The van der Waals surface area contributed by atoms with Gasteiger partial charge in [-0.2, -0.15) is 0 Å². The number of primary amides is 1. The second-order valence-corrected chi connectivity index (χ2v) is 7.39. The number of hydrogen-bond acceptors (Lipinski definition) is 3. The zero-order chi connectivity index (χ0) is 16.0. The van der Waals surface area contributed by atoms with Gasteiger partial charge in [-0.15, -0.1) is 0 Å². The summed E-state index contributed by atoms with van der Waals surface area (Å²) in [5.74, 6) is -0.305. The highest BCUT2D eigenvalue weighted by atomic mass is 16.6. The molecule has 0 radical (unpaired) electrons. The van der Waals surface area contributed by atoms with Crippen molar-refractivity contribution in [3.8, 4) is 0 Å². The Balaban J connectivity index is 1.75. The lowest BCUT2D eigenvalue weighted by molar-refractivity contribution is -0.150. The van der Waals surface area contributed by atoms with Gasteiger partial charge in [-0.1, -0.05) is 30.3 Å². The predicted molar refractivity (Wildman–Crippen MR) is 84.1 cm³/mol. The van der Waals surface area contributed by atoms with Crippen molar-refractivity contribution in [1.29, 1.82) is 0 Å². The highest BCUT2D eigenvalue weighted by Crippen LogP contribution is 2.58. The average molecular weight is 303 g/mol. The predicted octanol–water partition coefficient (Wildman–Crippen LogP) is 2.79. The van der Waals surface area contributed by atoms with Crippen LogP contribution in [-0.4, -0.2) is 23.2 Å². The van der Waals surface area contributed by atoms with Gasteiger partial charge in [0.25, 0.3) is 0 Å². The molecule has 2 bridgehead atoms. The van der Waals surface area contributed by atoms with Gasteiger partial charge in [0.05, 0.1) is 29.3 Å². The van der Waals surface area contributed by atoms with Crippen LogP contribution in [0, 0.1) is 5.41 Å². The summed E-state index contributed by atoms with van der Waals surface area (Å²) < 4.78 is 12.5. The van der Waals surface area contributed by atoms with E-state index in [4.69, 9.17) is 15.2 Å². The van der Waals surface area contributed by atoms with Crippen LogP contribution in [0.15, 0.2) is 30.3 Å². The maximum atomic E-state index is 11.9. The van der Waals surface area contributed by atoms with Crippen molar-refractivity contribution in [2.75, 3.05) is 0 Å². The van der Waals surface area contributed by atoms with E-state index in [0.717, 1.165) is 24.8 Å². The van der Waals surface area contributed by atoms with Gasteiger partial charge in [-0.25, -0.2) is 0 Å². The molecule has 2 N–H and O–H groups in total. The topological polar surface area (TPSA) is 61.6 Å². The summed E-state index contributed by atoms with van der Waals surface area (Å²) in [6, 6.07) is 10.1. The van der Waals surface area contributed by atoms with E-state index in [2.05, 4.69) is 19.1 Å². The van der Waals surface area contributed by atoms with E-state index < -0.39 is 11.0 Å². The lowest BCUT2D eigenvalue weighted by Gasteiger charge is -2.39. The quantitative estimate of drug-likeness (QED) is 0.910. The van der Waals surface area contributed by atoms with Crippen LogP contribution in [0.5, 0.6) is 0 Å². The first-order valence-electron chi connectivity index (χ1n) is 7.95. The minimum Gasteiger partial charge on any atom is -0.370 e. The van der Waals surface area contributed by atoms with Crippen LogP contribution >= 0.6 is 0 Å². The maximum Gasteiger partial charge on any atom is 0.225 e. The molecular weight excluding hydrogens is 278 g/mol. The normalized spacial score (nSPS) is 34.0. The van der Waals surface area contributed by atoms with Crippen molar-refractivity contribution < 1.29 is 14.3 Å². The summed E-state index contributed by atoms with van der Waals surface area (Å²) in [7, 11) is 0. The van der Waals surface area contributed by atoms with Crippen molar-refractivity contribution in [2.45, 2.75) is 63.9 Å². The molecule has 3 rings (SSSR count). The van der Waals surface area contributed by atoms with E-state index in [1.807, 2.05) is 32.0 Å². The number of benzene rings is 1. The fourth-order valence-corrected chi connectivity index (χ4v) is 3.81. The molecule has 2 fully saturated rings. The molecule has 2 saturated heterocycles. The number of fused-ring (bicyclic) bond motifs is 2. The molecule has 0 aromatic heterocycles. The zero-order valence-electron chi connectivity index (χ0n) is 13.6. The minimum atomic E-state index is -0.685. The Morgan fingerprint density at radius 1 is 1.36 bits per heavy atom. The molecular formula is C18H25NO3. The largest absolute Gasteiger partial charge is 0.370 e. The van der Waals surface area contributed by atoms with E-state index in [9.17, 15) is 4.79 Å². The number of carbonyl (C=O) groups excluding carboxylic acids is 1. The van der Waals surface area contributed by atoms with Crippen LogP contribution in [0.1, 0.15) is 45.6 Å². The van der Waals surface area contributed by atoms with E-state index in [1.54, 1.807) is 0 Å². The standard InChI is InChI=1S/C18H25NO3/c1-16(2,15(19)20)18-10-9-17(3,22-18)14(11-18)21-12-13-7-5-4-6-8-13/h4-8,14H,9-12H2,1-3H3,(H2,19,20). The van der Waals surface area contributed by atoms with Crippen molar-refractivity contribution in [3.05, 3.63) is 35.9 Å². The molecule has 2 aliphatic rings. The smallest absolute Gasteiger partial charge is 0.225 e. The fraction of sp³-hybridized carbons (Fsp3) is 0.611. The first-order chi connectivity index (χ1) is 10.3. The van der Waals surface area contributed by atoms with Gasteiger partial charge in [0.1, 0.15) is 0 Å². The Kier molecular flexibility index (Phi) is 3.57. The van der Waals surface area contributed by atoms with Gasteiger partial charge in [0.15, 0.2) is 0 Å². The third-order valence-electron chi connectivity index (χ3n) is 5.70. The fourth-order valence-electron chi connectivity index (χ4n) is 3.81. The summed E-state index contributed by atoms with van der Waals surface area (Å²) in [6.07, 6.45) is 2.50. The van der Waals surface area contributed by atoms with Crippen LogP contribution in [0.3, 0.4) is 0 Å². The Labute approximate surface area is 132 Å². The average Bonchev–Trinajstić information content (AvgIpc) is 2.98. The Morgan fingerprint density at radius 3 is 2.68 bits per heavy atom. The molecule has 2 aliphatic heterocycles. The molecule has 2 heterocycles. The monoisotopic (exact) mass is 303 g/mol. The van der Waals surface area contributed by atoms with Crippen LogP contribution in [-0.2, 0) is 20.9 Å². The number of ether oxygens (including phenoxy) is 2.